The highest BCUT2D eigenvalue weighted by molar-refractivity contribution is 6.29. The van der Waals surface area contributed by atoms with Gasteiger partial charge in [-0.05, 0) is 25.8 Å². The standard InChI is InChI=1S/C12H13ClF2N2O/c1-7(18)8-6-16-11(13)5-9(8)17-10-3-2-4-12(10,14)15/h5-6,10H,2-4H2,1H3,(H,16,17). The lowest BCUT2D eigenvalue weighted by molar-refractivity contribution is -0.000620. The van der Waals surface area contributed by atoms with Crippen LogP contribution in [0.15, 0.2) is 12.3 Å². The van der Waals surface area contributed by atoms with Crippen LogP contribution in [0.4, 0.5) is 14.5 Å². The molecular formula is C12H13ClF2N2O. The zero-order valence-electron chi connectivity index (χ0n) is 9.84. The number of carbonyl (C=O) groups is 1. The van der Waals surface area contributed by atoms with Gasteiger partial charge in [0.15, 0.2) is 5.78 Å². The van der Waals surface area contributed by atoms with E-state index in [0.717, 1.165) is 0 Å². The number of nitrogens with one attached hydrogen (secondary N) is 1. The molecule has 1 aliphatic rings. The van der Waals surface area contributed by atoms with Gasteiger partial charge in [0.1, 0.15) is 5.15 Å². The van der Waals surface area contributed by atoms with Crippen LogP contribution in [0.2, 0.25) is 5.15 Å². The number of anilines is 1. The van der Waals surface area contributed by atoms with Crippen molar-refractivity contribution in [3.63, 3.8) is 0 Å². The SMILES string of the molecule is CC(=O)c1cnc(Cl)cc1NC1CCCC1(F)F. The summed E-state index contributed by atoms with van der Waals surface area (Å²) in [5.41, 5.74) is 0.608. The van der Waals surface area contributed by atoms with Crippen molar-refractivity contribution in [2.75, 3.05) is 5.32 Å². The fourth-order valence-electron chi connectivity index (χ4n) is 2.12. The number of carbonyl (C=O) groups excluding carboxylic acids is 1. The van der Waals surface area contributed by atoms with Gasteiger partial charge in [-0.2, -0.15) is 0 Å². The molecule has 0 amide bonds. The zero-order valence-corrected chi connectivity index (χ0v) is 10.6. The van der Waals surface area contributed by atoms with E-state index >= 15 is 0 Å². The van der Waals surface area contributed by atoms with E-state index in [0.29, 0.717) is 18.5 Å². The average Bonchev–Trinajstić information content (AvgIpc) is 2.58. The smallest absolute Gasteiger partial charge is 0.267 e. The number of hydrogen-bond donors (Lipinski definition) is 1. The van der Waals surface area contributed by atoms with Crippen molar-refractivity contribution < 1.29 is 13.6 Å². The van der Waals surface area contributed by atoms with E-state index in [2.05, 4.69) is 10.3 Å². The van der Waals surface area contributed by atoms with E-state index in [4.69, 9.17) is 11.6 Å². The minimum Gasteiger partial charge on any atom is -0.376 e. The maximum Gasteiger partial charge on any atom is 0.267 e. The van der Waals surface area contributed by atoms with Crippen LogP contribution in [0, 0.1) is 0 Å². The van der Waals surface area contributed by atoms with E-state index in [9.17, 15) is 13.6 Å². The van der Waals surface area contributed by atoms with Crippen molar-refractivity contribution in [3.05, 3.63) is 23.0 Å². The Bertz CT molecular complexity index is 479. The van der Waals surface area contributed by atoms with Gasteiger partial charge in [0, 0.05) is 18.3 Å². The van der Waals surface area contributed by atoms with Crippen molar-refractivity contribution in [1.82, 2.24) is 4.98 Å². The molecule has 0 bridgehead atoms. The number of ketones is 1. The first-order valence-corrected chi connectivity index (χ1v) is 6.09. The Morgan fingerprint density at radius 1 is 1.61 bits per heavy atom. The lowest BCUT2D eigenvalue weighted by atomic mass is 10.1. The summed E-state index contributed by atoms with van der Waals surface area (Å²) in [6, 6.07) is 0.459. The van der Waals surface area contributed by atoms with Crippen LogP contribution in [-0.2, 0) is 0 Å². The Balaban J connectivity index is 2.28. The Morgan fingerprint density at radius 3 is 2.89 bits per heavy atom. The first kappa shape index (κ1) is 13.2. The number of rotatable bonds is 3. The van der Waals surface area contributed by atoms with Crippen molar-refractivity contribution >= 4 is 23.1 Å². The van der Waals surface area contributed by atoms with Gasteiger partial charge in [0.05, 0.1) is 11.6 Å². The maximum atomic E-state index is 13.5. The first-order chi connectivity index (χ1) is 8.40. The molecule has 1 atom stereocenters. The predicted octanol–water partition coefficient (Wildman–Crippen LogP) is 3.54. The topological polar surface area (TPSA) is 42.0 Å². The highest BCUT2D eigenvalue weighted by Crippen LogP contribution is 2.37. The zero-order chi connectivity index (χ0) is 13.3. The lowest BCUT2D eigenvalue weighted by Crippen LogP contribution is -2.34. The minimum absolute atomic E-state index is 0.126. The summed E-state index contributed by atoms with van der Waals surface area (Å²) in [7, 11) is 0. The summed E-state index contributed by atoms with van der Waals surface area (Å²) in [4.78, 5) is 15.2. The number of halogens is 3. The summed E-state index contributed by atoms with van der Waals surface area (Å²) in [6.07, 6.45) is 2.03. The van der Waals surface area contributed by atoms with Gasteiger partial charge in [-0.1, -0.05) is 11.6 Å². The number of nitrogens with zero attached hydrogens (tertiary/aromatic N) is 1. The Morgan fingerprint density at radius 2 is 2.33 bits per heavy atom. The van der Waals surface area contributed by atoms with Crippen LogP contribution in [0.5, 0.6) is 0 Å². The number of pyridine rings is 1. The molecule has 98 valence electrons. The molecule has 1 N–H and O–H groups in total. The first-order valence-electron chi connectivity index (χ1n) is 5.71. The van der Waals surface area contributed by atoms with E-state index in [1.54, 1.807) is 0 Å². The molecule has 0 radical (unpaired) electrons. The second kappa shape index (κ2) is 4.80. The van der Waals surface area contributed by atoms with Gasteiger partial charge in [0.2, 0.25) is 0 Å². The predicted molar refractivity (Wildman–Crippen MR) is 65.5 cm³/mol. The Kier molecular flexibility index (Phi) is 3.52. The van der Waals surface area contributed by atoms with Crippen molar-refractivity contribution in [1.29, 1.82) is 0 Å². The minimum atomic E-state index is -2.75. The third kappa shape index (κ3) is 2.61. The molecule has 1 aromatic rings. The molecule has 6 heteroatoms. The van der Waals surface area contributed by atoms with E-state index < -0.39 is 12.0 Å². The molecule has 0 aliphatic heterocycles. The Labute approximate surface area is 109 Å². The van der Waals surface area contributed by atoms with Crippen molar-refractivity contribution in [3.8, 4) is 0 Å². The molecular weight excluding hydrogens is 262 g/mol. The van der Waals surface area contributed by atoms with Crippen LogP contribution in [-0.4, -0.2) is 22.7 Å². The van der Waals surface area contributed by atoms with Crippen LogP contribution in [0.3, 0.4) is 0 Å². The van der Waals surface area contributed by atoms with Crippen LogP contribution in [0.1, 0.15) is 36.5 Å². The molecule has 1 aliphatic carbocycles. The van der Waals surface area contributed by atoms with E-state index in [1.165, 1.54) is 19.2 Å². The van der Waals surface area contributed by atoms with Gasteiger partial charge in [0.25, 0.3) is 5.92 Å². The second-order valence-corrected chi connectivity index (χ2v) is 4.85. The van der Waals surface area contributed by atoms with Crippen molar-refractivity contribution in [2.24, 2.45) is 0 Å². The van der Waals surface area contributed by atoms with Gasteiger partial charge < -0.3 is 5.32 Å². The fraction of sp³-hybridized carbons (Fsp3) is 0.500. The molecule has 0 spiro atoms. The summed E-state index contributed by atoms with van der Waals surface area (Å²) >= 11 is 5.73. The van der Waals surface area contributed by atoms with Gasteiger partial charge in [-0.3, -0.25) is 4.79 Å². The third-order valence-corrected chi connectivity index (χ3v) is 3.30. The average molecular weight is 275 g/mol. The summed E-state index contributed by atoms with van der Waals surface area (Å²) in [5.74, 6) is -2.98. The highest BCUT2D eigenvalue weighted by atomic mass is 35.5. The third-order valence-electron chi connectivity index (χ3n) is 3.09. The van der Waals surface area contributed by atoms with Gasteiger partial charge >= 0.3 is 0 Å². The van der Waals surface area contributed by atoms with Gasteiger partial charge in [-0.15, -0.1) is 0 Å². The normalized spacial score (nSPS) is 21.9. The molecule has 0 saturated heterocycles. The maximum absolute atomic E-state index is 13.5. The molecule has 1 fully saturated rings. The lowest BCUT2D eigenvalue weighted by Gasteiger charge is -2.22. The summed E-state index contributed by atoms with van der Waals surface area (Å²) in [6.45, 7) is 1.36. The molecule has 1 unspecified atom stereocenters. The molecule has 18 heavy (non-hydrogen) atoms. The number of hydrogen-bond acceptors (Lipinski definition) is 3. The van der Waals surface area contributed by atoms with Crippen LogP contribution >= 0.6 is 11.6 Å². The number of aromatic nitrogens is 1. The van der Waals surface area contributed by atoms with Crippen LogP contribution in [0.25, 0.3) is 0 Å². The van der Waals surface area contributed by atoms with Crippen LogP contribution < -0.4 is 5.32 Å². The summed E-state index contributed by atoms with van der Waals surface area (Å²) in [5, 5.41) is 2.90. The van der Waals surface area contributed by atoms with Gasteiger partial charge in [-0.25, -0.2) is 13.8 Å². The fourth-order valence-corrected chi connectivity index (χ4v) is 2.28. The second-order valence-electron chi connectivity index (χ2n) is 4.46. The summed E-state index contributed by atoms with van der Waals surface area (Å²) < 4.78 is 27.1. The molecule has 1 saturated carbocycles. The quantitative estimate of drug-likeness (QED) is 0.677. The Hall–Kier alpha value is -1.23. The molecule has 0 aromatic carbocycles. The molecule has 2 rings (SSSR count). The van der Waals surface area contributed by atoms with E-state index in [1.807, 2.05) is 0 Å². The van der Waals surface area contributed by atoms with E-state index in [-0.39, 0.29) is 22.9 Å². The largest absolute Gasteiger partial charge is 0.376 e. The van der Waals surface area contributed by atoms with Crippen molar-refractivity contribution in [2.45, 2.75) is 38.2 Å². The number of Topliss-reactive ketones (excluding diaryl/α,β-unsaturated/α-hetero) is 1. The molecule has 1 heterocycles. The highest BCUT2D eigenvalue weighted by Gasteiger charge is 2.44. The number of alkyl halides is 2. The molecule has 3 nitrogen and oxygen atoms in total. The molecule has 1 aromatic heterocycles. The monoisotopic (exact) mass is 274 g/mol.